The number of rotatable bonds is 2. The van der Waals surface area contributed by atoms with E-state index in [1.807, 2.05) is 18.6 Å². The van der Waals surface area contributed by atoms with Gasteiger partial charge in [0.15, 0.2) is 0 Å². The first-order valence-corrected chi connectivity index (χ1v) is 7.59. The zero-order valence-electron chi connectivity index (χ0n) is 10.8. The molecule has 1 fully saturated rings. The largest absolute Gasteiger partial charge is 0.326 e. The lowest BCUT2D eigenvalue weighted by molar-refractivity contribution is 0.308. The normalized spacial score (nSPS) is 23.5. The average Bonchev–Trinajstić information content (AvgIpc) is 2.89. The Morgan fingerprint density at radius 2 is 2.00 bits per heavy atom. The summed E-state index contributed by atoms with van der Waals surface area (Å²) in [5.41, 5.74) is 8.62. The lowest BCUT2D eigenvalue weighted by Gasteiger charge is -2.31. The van der Waals surface area contributed by atoms with Gasteiger partial charge in [-0.3, -0.25) is 0 Å². The molecule has 1 aliphatic carbocycles. The summed E-state index contributed by atoms with van der Waals surface area (Å²) < 4.78 is 3.35. The van der Waals surface area contributed by atoms with Crippen molar-refractivity contribution in [2.45, 2.75) is 37.8 Å². The second-order valence-corrected chi connectivity index (χ2v) is 6.04. The number of hydrogen-bond acceptors (Lipinski definition) is 2. The SMILES string of the molecule is N[C@@H]1CCCC[C@H]1n1cncc1-c1ccccc1Br. The first-order chi connectivity index (χ1) is 9.27. The monoisotopic (exact) mass is 319 g/mol. The lowest BCUT2D eigenvalue weighted by Crippen LogP contribution is -2.35. The quantitative estimate of drug-likeness (QED) is 0.916. The van der Waals surface area contributed by atoms with Gasteiger partial charge in [-0.15, -0.1) is 0 Å². The fraction of sp³-hybridized carbons (Fsp3) is 0.400. The highest BCUT2D eigenvalue weighted by molar-refractivity contribution is 9.10. The van der Waals surface area contributed by atoms with Gasteiger partial charge >= 0.3 is 0 Å². The van der Waals surface area contributed by atoms with E-state index in [0.717, 1.165) is 23.0 Å². The van der Waals surface area contributed by atoms with E-state index in [1.165, 1.54) is 18.4 Å². The first kappa shape index (κ1) is 12.9. The van der Waals surface area contributed by atoms with Gasteiger partial charge in [0.1, 0.15) is 0 Å². The molecule has 2 aromatic rings. The van der Waals surface area contributed by atoms with Crippen molar-refractivity contribution >= 4 is 15.9 Å². The number of nitrogens with zero attached hydrogens (tertiary/aromatic N) is 2. The molecule has 1 aromatic carbocycles. The molecule has 0 aliphatic heterocycles. The Labute approximate surface area is 122 Å². The van der Waals surface area contributed by atoms with Crippen molar-refractivity contribution < 1.29 is 0 Å². The Hall–Kier alpha value is -1.13. The molecular weight excluding hydrogens is 302 g/mol. The summed E-state index contributed by atoms with van der Waals surface area (Å²) in [6.07, 6.45) is 8.61. The predicted molar refractivity (Wildman–Crippen MR) is 80.8 cm³/mol. The summed E-state index contributed by atoms with van der Waals surface area (Å²) in [5, 5.41) is 0. The average molecular weight is 320 g/mol. The van der Waals surface area contributed by atoms with E-state index >= 15 is 0 Å². The molecule has 0 amide bonds. The van der Waals surface area contributed by atoms with Crippen molar-refractivity contribution in [2.24, 2.45) is 5.73 Å². The highest BCUT2D eigenvalue weighted by Gasteiger charge is 2.25. The predicted octanol–water partition coefficient (Wildman–Crippen LogP) is 3.76. The van der Waals surface area contributed by atoms with Crippen LogP contribution in [0.15, 0.2) is 41.3 Å². The fourth-order valence-electron chi connectivity index (χ4n) is 2.93. The molecule has 0 spiro atoms. The van der Waals surface area contributed by atoms with Crippen molar-refractivity contribution in [3.63, 3.8) is 0 Å². The molecule has 2 N–H and O–H groups in total. The number of benzene rings is 1. The molecule has 1 aromatic heterocycles. The second kappa shape index (κ2) is 5.47. The molecule has 0 unspecified atom stereocenters. The molecule has 1 aliphatic rings. The molecule has 0 bridgehead atoms. The molecular formula is C15H18BrN3. The van der Waals surface area contributed by atoms with Gasteiger partial charge < -0.3 is 10.3 Å². The molecule has 0 radical (unpaired) electrons. The van der Waals surface area contributed by atoms with E-state index in [4.69, 9.17) is 5.73 Å². The van der Waals surface area contributed by atoms with Crippen LogP contribution in [0, 0.1) is 0 Å². The summed E-state index contributed by atoms with van der Waals surface area (Å²) in [4.78, 5) is 4.34. The van der Waals surface area contributed by atoms with Gasteiger partial charge in [-0.2, -0.15) is 0 Å². The summed E-state index contributed by atoms with van der Waals surface area (Å²) >= 11 is 3.62. The number of aromatic nitrogens is 2. The molecule has 3 rings (SSSR count). The van der Waals surface area contributed by atoms with E-state index in [1.54, 1.807) is 0 Å². The molecule has 0 saturated heterocycles. The van der Waals surface area contributed by atoms with Crippen molar-refractivity contribution in [1.82, 2.24) is 9.55 Å². The minimum atomic E-state index is 0.240. The van der Waals surface area contributed by atoms with E-state index in [-0.39, 0.29) is 6.04 Å². The summed E-state index contributed by atoms with van der Waals surface area (Å²) in [5.74, 6) is 0. The number of nitrogens with two attached hydrogens (primary N) is 1. The second-order valence-electron chi connectivity index (χ2n) is 5.18. The van der Waals surface area contributed by atoms with Gasteiger partial charge in [-0.1, -0.05) is 47.0 Å². The van der Waals surface area contributed by atoms with E-state index in [0.29, 0.717) is 6.04 Å². The van der Waals surface area contributed by atoms with Crippen LogP contribution in [-0.2, 0) is 0 Å². The van der Waals surface area contributed by atoms with Crippen LogP contribution >= 0.6 is 15.9 Å². The van der Waals surface area contributed by atoms with Gasteiger partial charge in [0.25, 0.3) is 0 Å². The van der Waals surface area contributed by atoms with Gasteiger partial charge in [-0.05, 0) is 18.9 Å². The van der Waals surface area contributed by atoms with Crippen LogP contribution < -0.4 is 5.73 Å². The van der Waals surface area contributed by atoms with Crippen LogP contribution in [0.2, 0.25) is 0 Å². The highest BCUT2D eigenvalue weighted by atomic mass is 79.9. The third-order valence-electron chi connectivity index (χ3n) is 3.95. The molecule has 3 nitrogen and oxygen atoms in total. The zero-order valence-corrected chi connectivity index (χ0v) is 12.4. The third kappa shape index (κ3) is 2.47. The fourth-order valence-corrected chi connectivity index (χ4v) is 3.42. The molecule has 2 atom stereocenters. The Morgan fingerprint density at radius 3 is 2.79 bits per heavy atom. The van der Waals surface area contributed by atoms with Crippen LogP contribution in [0.4, 0.5) is 0 Å². The van der Waals surface area contributed by atoms with Crippen LogP contribution in [-0.4, -0.2) is 15.6 Å². The van der Waals surface area contributed by atoms with Crippen molar-refractivity contribution in [1.29, 1.82) is 0 Å². The maximum atomic E-state index is 6.29. The van der Waals surface area contributed by atoms with E-state index in [2.05, 4.69) is 43.7 Å². The Balaban J connectivity index is 2.01. The third-order valence-corrected chi connectivity index (χ3v) is 4.65. The maximum Gasteiger partial charge on any atom is 0.0954 e. The lowest BCUT2D eigenvalue weighted by atomic mass is 9.90. The van der Waals surface area contributed by atoms with Crippen LogP contribution in [0.25, 0.3) is 11.3 Å². The molecule has 19 heavy (non-hydrogen) atoms. The van der Waals surface area contributed by atoms with E-state index < -0.39 is 0 Å². The summed E-state index contributed by atoms with van der Waals surface area (Å²) in [7, 11) is 0. The van der Waals surface area contributed by atoms with Gasteiger partial charge in [0.05, 0.1) is 24.3 Å². The van der Waals surface area contributed by atoms with Crippen molar-refractivity contribution in [3.05, 3.63) is 41.3 Å². The minimum Gasteiger partial charge on any atom is -0.326 e. The van der Waals surface area contributed by atoms with Crippen LogP contribution in [0.1, 0.15) is 31.7 Å². The standard InChI is InChI=1S/C15H18BrN3/c16-12-6-2-1-5-11(12)15-9-18-10-19(15)14-8-4-3-7-13(14)17/h1-2,5-6,9-10,13-14H,3-4,7-8,17H2/t13-,14-/m1/s1. The van der Waals surface area contributed by atoms with Gasteiger partial charge in [-0.25, -0.2) is 4.98 Å². The summed E-state index contributed by atoms with van der Waals surface area (Å²) in [6, 6.07) is 8.88. The molecule has 1 saturated carbocycles. The molecule has 4 heteroatoms. The zero-order chi connectivity index (χ0) is 13.2. The first-order valence-electron chi connectivity index (χ1n) is 6.79. The van der Waals surface area contributed by atoms with E-state index in [9.17, 15) is 0 Å². The number of hydrogen-bond donors (Lipinski definition) is 1. The Bertz CT molecular complexity index is 564. The van der Waals surface area contributed by atoms with Gasteiger partial charge in [0, 0.05) is 16.1 Å². The van der Waals surface area contributed by atoms with Crippen LogP contribution in [0.3, 0.4) is 0 Å². The number of halogens is 1. The van der Waals surface area contributed by atoms with Crippen molar-refractivity contribution in [3.8, 4) is 11.3 Å². The number of imidazole rings is 1. The summed E-state index contributed by atoms with van der Waals surface area (Å²) in [6.45, 7) is 0. The topological polar surface area (TPSA) is 43.8 Å². The highest BCUT2D eigenvalue weighted by Crippen LogP contribution is 2.34. The maximum absolute atomic E-state index is 6.29. The smallest absolute Gasteiger partial charge is 0.0954 e. The molecule has 100 valence electrons. The van der Waals surface area contributed by atoms with Crippen LogP contribution in [0.5, 0.6) is 0 Å². The molecule has 1 heterocycles. The Kier molecular flexibility index (Phi) is 3.71. The van der Waals surface area contributed by atoms with Gasteiger partial charge in [0.2, 0.25) is 0 Å². The minimum absolute atomic E-state index is 0.240. The van der Waals surface area contributed by atoms with Crippen molar-refractivity contribution in [2.75, 3.05) is 0 Å². The Morgan fingerprint density at radius 1 is 1.21 bits per heavy atom.